The molecule has 1 saturated heterocycles. The van der Waals surface area contributed by atoms with Crippen molar-refractivity contribution in [3.63, 3.8) is 0 Å². The van der Waals surface area contributed by atoms with Crippen LogP contribution in [0.1, 0.15) is 38.2 Å². The summed E-state index contributed by atoms with van der Waals surface area (Å²) in [6.45, 7) is 3.41. The number of anilines is 1. The van der Waals surface area contributed by atoms with Crippen LogP contribution in [0.15, 0.2) is 36.0 Å². The Bertz CT molecular complexity index is 873. The van der Waals surface area contributed by atoms with E-state index in [-0.39, 0.29) is 6.61 Å². The van der Waals surface area contributed by atoms with E-state index in [9.17, 15) is 5.11 Å². The van der Waals surface area contributed by atoms with E-state index >= 15 is 0 Å². The Morgan fingerprint density at radius 2 is 2.04 bits per heavy atom. The van der Waals surface area contributed by atoms with Gasteiger partial charge >= 0.3 is 0 Å². The molecule has 0 aliphatic carbocycles. The first-order chi connectivity index (χ1) is 12.8. The molecule has 0 saturated carbocycles. The molecule has 1 atom stereocenters. The van der Waals surface area contributed by atoms with Gasteiger partial charge < -0.3 is 10.0 Å². The normalized spacial score (nSPS) is 17.8. The number of nitrogens with zero attached hydrogens (tertiary/aromatic N) is 3. The molecule has 26 heavy (non-hydrogen) atoms. The Morgan fingerprint density at radius 3 is 2.81 bits per heavy atom. The van der Waals surface area contributed by atoms with Crippen LogP contribution in [0.4, 0.5) is 5.82 Å². The van der Waals surface area contributed by atoms with Crippen molar-refractivity contribution in [1.29, 1.82) is 0 Å². The molecule has 0 bridgehead atoms. The van der Waals surface area contributed by atoms with Crippen molar-refractivity contribution in [2.75, 3.05) is 18.1 Å². The highest BCUT2D eigenvalue weighted by atomic mass is 32.1. The van der Waals surface area contributed by atoms with Crippen LogP contribution < -0.4 is 4.90 Å². The molecular formula is C21H25N3OS. The van der Waals surface area contributed by atoms with Crippen LogP contribution in [0.2, 0.25) is 0 Å². The number of benzene rings is 1. The van der Waals surface area contributed by atoms with Gasteiger partial charge in [-0.1, -0.05) is 31.2 Å². The van der Waals surface area contributed by atoms with Crippen molar-refractivity contribution in [2.45, 2.75) is 45.1 Å². The summed E-state index contributed by atoms with van der Waals surface area (Å²) in [5.41, 5.74) is 3.79. The molecule has 5 heteroatoms. The molecular weight excluding hydrogens is 342 g/mol. The van der Waals surface area contributed by atoms with Crippen LogP contribution >= 0.6 is 11.3 Å². The predicted molar refractivity (Wildman–Crippen MR) is 109 cm³/mol. The number of thiophene rings is 1. The molecule has 0 radical (unpaired) electrons. The van der Waals surface area contributed by atoms with Crippen molar-refractivity contribution in [2.24, 2.45) is 0 Å². The van der Waals surface area contributed by atoms with Crippen molar-refractivity contribution in [3.8, 4) is 11.1 Å². The minimum absolute atomic E-state index is 0.227. The van der Waals surface area contributed by atoms with E-state index in [0.29, 0.717) is 6.04 Å². The predicted octanol–water partition coefficient (Wildman–Crippen LogP) is 4.66. The minimum atomic E-state index is 0.227. The van der Waals surface area contributed by atoms with Gasteiger partial charge in [0.25, 0.3) is 0 Å². The molecule has 3 heterocycles. The Kier molecular flexibility index (Phi) is 5.18. The summed E-state index contributed by atoms with van der Waals surface area (Å²) in [4.78, 5) is 12.7. The molecule has 1 fully saturated rings. The molecule has 2 aromatic heterocycles. The zero-order valence-electron chi connectivity index (χ0n) is 15.2. The Morgan fingerprint density at radius 1 is 1.19 bits per heavy atom. The lowest BCUT2D eigenvalue weighted by Gasteiger charge is -2.37. The zero-order chi connectivity index (χ0) is 17.9. The summed E-state index contributed by atoms with van der Waals surface area (Å²) in [5.74, 6) is 1.03. The summed E-state index contributed by atoms with van der Waals surface area (Å²) >= 11 is 1.68. The second-order valence-corrected chi connectivity index (χ2v) is 7.79. The van der Waals surface area contributed by atoms with Gasteiger partial charge in [-0.15, -0.1) is 11.3 Å². The third kappa shape index (κ3) is 3.21. The number of aliphatic hydroxyl groups excluding tert-OH is 1. The SMILES string of the molecule is CCc1ccc(-c2csc3ncnc(N4CCCCC4CCO)c23)cc1. The van der Waals surface area contributed by atoms with E-state index in [0.717, 1.165) is 41.8 Å². The second-order valence-electron chi connectivity index (χ2n) is 6.93. The summed E-state index contributed by atoms with van der Waals surface area (Å²) in [7, 11) is 0. The summed E-state index contributed by atoms with van der Waals surface area (Å²) in [6.07, 6.45) is 7.06. The lowest BCUT2D eigenvalue weighted by atomic mass is 9.98. The molecule has 4 nitrogen and oxygen atoms in total. The highest BCUT2D eigenvalue weighted by Gasteiger charge is 2.26. The fraction of sp³-hybridized carbons (Fsp3) is 0.429. The number of fused-ring (bicyclic) bond motifs is 1. The first-order valence-corrected chi connectivity index (χ1v) is 10.4. The molecule has 0 spiro atoms. The molecule has 1 unspecified atom stereocenters. The Hall–Kier alpha value is -1.98. The Balaban J connectivity index is 1.81. The van der Waals surface area contributed by atoms with Gasteiger partial charge in [-0.2, -0.15) is 0 Å². The largest absolute Gasteiger partial charge is 0.396 e. The van der Waals surface area contributed by atoms with E-state index in [1.807, 2.05) is 0 Å². The van der Waals surface area contributed by atoms with Gasteiger partial charge in [0.05, 0.1) is 5.39 Å². The summed E-state index contributed by atoms with van der Waals surface area (Å²) < 4.78 is 0. The fourth-order valence-electron chi connectivity index (χ4n) is 3.94. The lowest BCUT2D eigenvalue weighted by molar-refractivity contribution is 0.262. The van der Waals surface area contributed by atoms with Gasteiger partial charge in [0.1, 0.15) is 17.0 Å². The summed E-state index contributed by atoms with van der Waals surface area (Å²) in [5, 5.41) is 12.8. The first kappa shape index (κ1) is 17.4. The molecule has 1 N–H and O–H groups in total. The van der Waals surface area contributed by atoms with Crippen LogP contribution in [0, 0.1) is 0 Å². The van der Waals surface area contributed by atoms with Crippen molar-refractivity contribution in [1.82, 2.24) is 9.97 Å². The number of piperidine rings is 1. The van der Waals surface area contributed by atoms with E-state index in [1.165, 1.54) is 29.5 Å². The molecule has 4 rings (SSSR count). The number of hydrogen-bond donors (Lipinski definition) is 1. The van der Waals surface area contributed by atoms with Crippen molar-refractivity contribution in [3.05, 3.63) is 41.5 Å². The second kappa shape index (κ2) is 7.72. The minimum Gasteiger partial charge on any atom is -0.396 e. The van der Waals surface area contributed by atoms with E-state index in [2.05, 4.69) is 46.5 Å². The average Bonchev–Trinajstić information content (AvgIpc) is 3.13. The third-order valence-corrected chi connectivity index (χ3v) is 6.27. The zero-order valence-corrected chi connectivity index (χ0v) is 16.0. The smallest absolute Gasteiger partial charge is 0.141 e. The maximum atomic E-state index is 9.48. The van der Waals surface area contributed by atoms with Gasteiger partial charge in [-0.05, 0) is 43.2 Å². The van der Waals surface area contributed by atoms with Crippen molar-refractivity contribution < 1.29 is 5.11 Å². The van der Waals surface area contributed by atoms with Gasteiger partial charge in [0.2, 0.25) is 0 Å². The first-order valence-electron chi connectivity index (χ1n) is 9.50. The maximum absolute atomic E-state index is 9.48. The highest BCUT2D eigenvalue weighted by Crippen LogP contribution is 2.39. The maximum Gasteiger partial charge on any atom is 0.141 e. The molecule has 3 aromatic rings. The standard InChI is InChI=1S/C21H25N3OS/c1-2-15-6-8-16(9-7-15)18-13-26-21-19(18)20(22-14-23-21)24-11-4-3-5-17(24)10-12-25/h6-9,13-14,17,25H,2-5,10-12H2,1H3. The van der Waals surface area contributed by atoms with Crippen LogP contribution in [0.5, 0.6) is 0 Å². The Labute approximate surface area is 158 Å². The molecule has 136 valence electrons. The molecule has 1 aliphatic rings. The lowest BCUT2D eigenvalue weighted by Crippen LogP contribution is -2.40. The molecule has 1 aliphatic heterocycles. The van der Waals surface area contributed by atoms with Gasteiger partial charge in [0, 0.05) is 30.1 Å². The highest BCUT2D eigenvalue weighted by molar-refractivity contribution is 7.17. The molecule has 1 aromatic carbocycles. The van der Waals surface area contributed by atoms with Crippen LogP contribution in [-0.2, 0) is 6.42 Å². The average molecular weight is 368 g/mol. The van der Waals surface area contributed by atoms with Crippen molar-refractivity contribution >= 4 is 27.4 Å². The van der Waals surface area contributed by atoms with Gasteiger partial charge in [-0.25, -0.2) is 9.97 Å². The van der Waals surface area contributed by atoms with Crippen LogP contribution in [0.3, 0.4) is 0 Å². The van der Waals surface area contributed by atoms with E-state index < -0.39 is 0 Å². The van der Waals surface area contributed by atoms with Gasteiger partial charge in [0.15, 0.2) is 0 Å². The van der Waals surface area contributed by atoms with E-state index in [4.69, 9.17) is 4.98 Å². The molecule has 0 amide bonds. The number of aliphatic hydroxyl groups is 1. The topological polar surface area (TPSA) is 49.2 Å². The quantitative estimate of drug-likeness (QED) is 0.712. The van der Waals surface area contributed by atoms with Crippen LogP contribution in [0.25, 0.3) is 21.3 Å². The number of hydrogen-bond acceptors (Lipinski definition) is 5. The van der Waals surface area contributed by atoms with E-state index in [1.54, 1.807) is 17.7 Å². The number of rotatable bonds is 5. The third-order valence-electron chi connectivity index (χ3n) is 5.38. The number of aryl methyl sites for hydroxylation is 1. The monoisotopic (exact) mass is 367 g/mol. The van der Waals surface area contributed by atoms with Crippen LogP contribution in [-0.4, -0.2) is 34.3 Å². The summed E-state index contributed by atoms with van der Waals surface area (Å²) in [6, 6.07) is 9.19. The van der Waals surface area contributed by atoms with Gasteiger partial charge in [-0.3, -0.25) is 0 Å². The fourth-order valence-corrected chi connectivity index (χ4v) is 4.85. The number of aromatic nitrogens is 2.